The quantitative estimate of drug-likeness (QED) is 0.788. The number of nitriles is 1. The molecule has 0 atom stereocenters. The predicted octanol–water partition coefficient (Wildman–Crippen LogP) is 2.17. The van der Waals surface area contributed by atoms with Gasteiger partial charge in [-0.25, -0.2) is 0 Å². The van der Waals surface area contributed by atoms with Gasteiger partial charge in [0.15, 0.2) is 0 Å². The SMILES string of the molecule is N#Cc1cnccc1NCC1CCC1. The Morgan fingerprint density at radius 1 is 1.57 bits per heavy atom. The van der Waals surface area contributed by atoms with Crippen LogP contribution in [0.2, 0.25) is 0 Å². The lowest BCUT2D eigenvalue weighted by Crippen LogP contribution is -2.21. The minimum absolute atomic E-state index is 0.631. The Labute approximate surface area is 83.8 Å². The number of nitrogens with zero attached hydrogens (tertiary/aromatic N) is 2. The number of pyridine rings is 1. The second-order valence-electron chi connectivity index (χ2n) is 3.71. The first-order valence-electron chi connectivity index (χ1n) is 4.98. The van der Waals surface area contributed by atoms with Crippen LogP contribution in [-0.4, -0.2) is 11.5 Å². The van der Waals surface area contributed by atoms with E-state index in [0.29, 0.717) is 5.56 Å². The first-order valence-corrected chi connectivity index (χ1v) is 4.98. The molecule has 0 saturated heterocycles. The molecule has 1 heterocycles. The first kappa shape index (κ1) is 9.01. The Bertz CT molecular complexity index is 350. The van der Waals surface area contributed by atoms with Crippen LogP contribution in [-0.2, 0) is 0 Å². The van der Waals surface area contributed by atoms with E-state index >= 15 is 0 Å². The molecule has 0 aromatic carbocycles. The van der Waals surface area contributed by atoms with Crippen molar-refractivity contribution in [2.45, 2.75) is 19.3 Å². The van der Waals surface area contributed by atoms with Crippen LogP contribution in [0, 0.1) is 17.2 Å². The van der Waals surface area contributed by atoms with Crippen molar-refractivity contribution >= 4 is 5.69 Å². The number of hydrogen-bond donors (Lipinski definition) is 1. The third-order valence-corrected chi connectivity index (χ3v) is 2.75. The van der Waals surface area contributed by atoms with E-state index in [9.17, 15) is 0 Å². The van der Waals surface area contributed by atoms with Crippen molar-refractivity contribution in [3.63, 3.8) is 0 Å². The van der Waals surface area contributed by atoms with Crippen LogP contribution < -0.4 is 5.32 Å². The molecular weight excluding hydrogens is 174 g/mol. The van der Waals surface area contributed by atoms with E-state index in [0.717, 1.165) is 18.2 Å². The monoisotopic (exact) mass is 187 g/mol. The highest BCUT2D eigenvalue weighted by molar-refractivity contribution is 5.55. The van der Waals surface area contributed by atoms with Crippen molar-refractivity contribution in [1.82, 2.24) is 4.98 Å². The number of rotatable bonds is 3. The molecule has 1 aliphatic carbocycles. The van der Waals surface area contributed by atoms with Crippen molar-refractivity contribution in [2.24, 2.45) is 5.92 Å². The summed E-state index contributed by atoms with van der Waals surface area (Å²) in [5.74, 6) is 0.801. The van der Waals surface area contributed by atoms with Gasteiger partial charge in [0.2, 0.25) is 0 Å². The average Bonchev–Trinajstić information content (AvgIpc) is 2.16. The highest BCUT2D eigenvalue weighted by atomic mass is 14.9. The van der Waals surface area contributed by atoms with Crippen LogP contribution >= 0.6 is 0 Å². The zero-order valence-electron chi connectivity index (χ0n) is 8.03. The van der Waals surface area contributed by atoms with Crippen LogP contribution in [0.4, 0.5) is 5.69 Å². The molecule has 2 rings (SSSR count). The van der Waals surface area contributed by atoms with Crippen LogP contribution in [0.15, 0.2) is 18.5 Å². The Morgan fingerprint density at radius 3 is 3.07 bits per heavy atom. The van der Waals surface area contributed by atoms with Gasteiger partial charge in [-0.15, -0.1) is 0 Å². The number of anilines is 1. The van der Waals surface area contributed by atoms with Crippen molar-refractivity contribution < 1.29 is 0 Å². The Morgan fingerprint density at radius 2 is 2.43 bits per heavy atom. The third kappa shape index (κ3) is 1.85. The molecule has 1 aromatic rings. The fraction of sp³-hybridized carbons (Fsp3) is 0.455. The molecule has 0 bridgehead atoms. The largest absolute Gasteiger partial charge is 0.384 e. The van der Waals surface area contributed by atoms with Gasteiger partial charge in [0.1, 0.15) is 6.07 Å². The number of aromatic nitrogens is 1. The summed E-state index contributed by atoms with van der Waals surface area (Å²) < 4.78 is 0. The van der Waals surface area contributed by atoms with Crippen molar-refractivity contribution in [1.29, 1.82) is 5.26 Å². The van der Waals surface area contributed by atoms with E-state index in [1.807, 2.05) is 6.07 Å². The normalized spacial score (nSPS) is 15.6. The van der Waals surface area contributed by atoms with Gasteiger partial charge < -0.3 is 5.32 Å². The van der Waals surface area contributed by atoms with Gasteiger partial charge in [-0.05, 0) is 24.8 Å². The zero-order valence-corrected chi connectivity index (χ0v) is 8.03. The minimum atomic E-state index is 0.631. The minimum Gasteiger partial charge on any atom is -0.384 e. The van der Waals surface area contributed by atoms with Gasteiger partial charge >= 0.3 is 0 Å². The average molecular weight is 187 g/mol. The lowest BCUT2D eigenvalue weighted by molar-refractivity contribution is 0.333. The molecule has 14 heavy (non-hydrogen) atoms. The van der Waals surface area contributed by atoms with E-state index in [2.05, 4.69) is 16.4 Å². The molecular formula is C11H13N3. The smallest absolute Gasteiger partial charge is 0.103 e. The fourth-order valence-corrected chi connectivity index (χ4v) is 1.59. The second kappa shape index (κ2) is 4.10. The van der Waals surface area contributed by atoms with Gasteiger partial charge in [0.05, 0.1) is 11.3 Å². The summed E-state index contributed by atoms with van der Waals surface area (Å²) in [6, 6.07) is 3.99. The maximum Gasteiger partial charge on any atom is 0.103 e. The molecule has 3 nitrogen and oxygen atoms in total. The molecule has 0 aliphatic heterocycles. The summed E-state index contributed by atoms with van der Waals surface area (Å²) in [5.41, 5.74) is 1.54. The van der Waals surface area contributed by atoms with E-state index in [1.54, 1.807) is 12.4 Å². The summed E-state index contributed by atoms with van der Waals surface area (Å²) in [5, 5.41) is 12.1. The lowest BCUT2D eigenvalue weighted by atomic mass is 9.85. The van der Waals surface area contributed by atoms with E-state index < -0.39 is 0 Å². The predicted molar refractivity (Wildman–Crippen MR) is 54.8 cm³/mol. The van der Waals surface area contributed by atoms with Crippen molar-refractivity contribution in [2.75, 3.05) is 11.9 Å². The van der Waals surface area contributed by atoms with Gasteiger partial charge in [0, 0.05) is 18.9 Å². The molecule has 1 saturated carbocycles. The topological polar surface area (TPSA) is 48.7 Å². The molecule has 1 fully saturated rings. The highest BCUT2D eigenvalue weighted by Crippen LogP contribution is 2.26. The Kier molecular flexibility index (Phi) is 2.64. The molecule has 0 radical (unpaired) electrons. The standard InChI is InChI=1S/C11H13N3/c12-6-10-8-13-5-4-11(10)14-7-9-2-1-3-9/h4-5,8-9H,1-3,7H2,(H,13,14). The maximum atomic E-state index is 8.82. The van der Waals surface area contributed by atoms with Gasteiger partial charge in [-0.1, -0.05) is 6.42 Å². The first-order chi connectivity index (χ1) is 6.90. The summed E-state index contributed by atoms with van der Waals surface area (Å²) in [6.07, 6.45) is 7.31. The van der Waals surface area contributed by atoms with Crippen molar-refractivity contribution in [3.05, 3.63) is 24.0 Å². The highest BCUT2D eigenvalue weighted by Gasteiger charge is 2.16. The zero-order chi connectivity index (χ0) is 9.80. The Balaban J connectivity index is 1.97. The van der Waals surface area contributed by atoms with Gasteiger partial charge in [-0.2, -0.15) is 5.26 Å². The molecule has 1 N–H and O–H groups in total. The molecule has 1 aliphatic rings. The number of nitrogens with one attached hydrogen (secondary N) is 1. The van der Waals surface area contributed by atoms with E-state index in [4.69, 9.17) is 5.26 Å². The van der Waals surface area contributed by atoms with Crippen LogP contribution in [0.25, 0.3) is 0 Å². The van der Waals surface area contributed by atoms with Crippen molar-refractivity contribution in [3.8, 4) is 6.07 Å². The maximum absolute atomic E-state index is 8.82. The number of hydrogen-bond acceptors (Lipinski definition) is 3. The second-order valence-corrected chi connectivity index (χ2v) is 3.71. The molecule has 3 heteroatoms. The van der Waals surface area contributed by atoms with Crippen LogP contribution in [0.1, 0.15) is 24.8 Å². The van der Waals surface area contributed by atoms with Gasteiger partial charge in [0.25, 0.3) is 0 Å². The molecule has 0 spiro atoms. The fourth-order valence-electron chi connectivity index (χ4n) is 1.59. The van der Waals surface area contributed by atoms with Crippen LogP contribution in [0.3, 0.4) is 0 Å². The molecule has 1 aromatic heterocycles. The van der Waals surface area contributed by atoms with Gasteiger partial charge in [-0.3, -0.25) is 4.98 Å². The van der Waals surface area contributed by atoms with Crippen LogP contribution in [0.5, 0.6) is 0 Å². The Hall–Kier alpha value is -1.56. The molecule has 72 valence electrons. The molecule has 0 amide bonds. The summed E-state index contributed by atoms with van der Waals surface area (Å²) in [6.45, 7) is 0.985. The third-order valence-electron chi connectivity index (χ3n) is 2.75. The van der Waals surface area contributed by atoms with E-state index in [1.165, 1.54) is 19.3 Å². The molecule has 0 unspecified atom stereocenters. The lowest BCUT2D eigenvalue weighted by Gasteiger charge is -2.25. The summed E-state index contributed by atoms with van der Waals surface area (Å²) in [4.78, 5) is 3.91. The summed E-state index contributed by atoms with van der Waals surface area (Å²) in [7, 11) is 0. The van der Waals surface area contributed by atoms with E-state index in [-0.39, 0.29) is 0 Å². The summed E-state index contributed by atoms with van der Waals surface area (Å²) >= 11 is 0.